The van der Waals surface area contributed by atoms with Crippen LogP contribution in [0.25, 0.3) is 10.9 Å². The topological polar surface area (TPSA) is 58.9 Å². The third kappa shape index (κ3) is 2.12. The van der Waals surface area contributed by atoms with E-state index in [9.17, 15) is 4.79 Å². The number of nitrogen functional groups attached to an aromatic ring is 1. The molecule has 0 bridgehead atoms. The molecule has 0 aliphatic carbocycles. The van der Waals surface area contributed by atoms with Crippen LogP contribution < -0.4 is 5.73 Å². The lowest BCUT2D eigenvalue weighted by Crippen LogP contribution is -2.02. The molecule has 0 unspecified atom stereocenters. The first-order chi connectivity index (χ1) is 9.56. The highest BCUT2D eigenvalue weighted by Gasteiger charge is 2.16. The Hall–Kier alpha value is -2.07. The maximum atomic E-state index is 12.7. The molecule has 1 heterocycles. The number of halogens is 1. The van der Waals surface area contributed by atoms with Gasteiger partial charge in [0.1, 0.15) is 0 Å². The maximum absolute atomic E-state index is 12.7. The largest absolute Gasteiger partial charge is 0.399 e. The lowest BCUT2D eigenvalue weighted by atomic mass is 10.0. The molecular formula is C16H13BrN2O. The number of hydrogen-bond donors (Lipinski definition) is 2. The summed E-state index contributed by atoms with van der Waals surface area (Å²) < 4.78 is 0.748. The van der Waals surface area contributed by atoms with Crippen molar-refractivity contribution in [2.24, 2.45) is 0 Å². The molecule has 0 amide bonds. The lowest BCUT2D eigenvalue weighted by molar-refractivity contribution is 0.103. The summed E-state index contributed by atoms with van der Waals surface area (Å²) in [6.45, 7) is 2.02. The van der Waals surface area contributed by atoms with Crippen LogP contribution in [0.15, 0.2) is 47.1 Å². The SMILES string of the molecule is Cc1ccc2c(C(=O)c3cc(N)ccc3Br)c[nH]c2c1. The minimum atomic E-state index is -0.0423. The van der Waals surface area contributed by atoms with Gasteiger partial charge in [-0.3, -0.25) is 4.79 Å². The van der Waals surface area contributed by atoms with Crippen molar-refractivity contribution in [3.63, 3.8) is 0 Å². The summed E-state index contributed by atoms with van der Waals surface area (Å²) in [5.41, 5.74) is 9.70. The summed E-state index contributed by atoms with van der Waals surface area (Å²) in [7, 11) is 0. The van der Waals surface area contributed by atoms with Gasteiger partial charge in [0.2, 0.25) is 0 Å². The van der Waals surface area contributed by atoms with Gasteiger partial charge in [-0.1, -0.05) is 28.1 Å². The van der Waals surface area contributed by atoms with Crippen LogP contribution in [0.1, 0.15) is 21.5 Å². The molecule has 2 aromatic carbocycles. The smallest absolute Gasteiger partial charge is 0.196 e. The monoisotopic (exact) mass is 328 g/mol. The third-order valence-electron chi connectivity index (χ3n) is 3.32. The number of nitrogens with two attached hydrogens (primary N) is 1. The van der Waals surface area contributed by atoms with E-state index in [1.165, 1.54) is 0 Å². The number of carbonyl (C=O) groups excluding carboxylic acids is 1. The number of ketones is 1. The summed E-state index contributed by atoms with van der Waals surface area (Å²) in [4.78, 5) is 15.8. The van der Waals surface area contributed by atoms with Crippen molar-refractivity contribution in [1.82, 2.24) is 4.98 Å². The Balaban J connectivity index is 2.15. The average molecular weight is 329 g/mol. The zero-order valence-corrected chi connectivity index (χ0v) is 12.5. The number of aromatic amines is 1. The van der Waals surface area contributed by atoms with Gasteiger partial charge in [0.15, 0.2) is 5.78 Å². The quantitative estimate of drug-likeness (QED) is 0.550. The van der Waals surface area contributed by atoms with E-state index in [1.807, 2.05) is 25.1 Å². The highest BCUT2D eigenvalue weighted by atomic mass is 79.9. The first-order valence-corrected chi connectivity index (χ1v) is 7.03. The van der Waals surface area contributed by atoms with Crippen LogP contribution in [-0.4, -0.2) is 10.8 Å². The average Bonchev–Trinajstić information content (AvgIpc) is 2.83. The Kier molecular flexibility index (Phi) is 3.10. The normalized spacial score (nSPS) is 10.9. The van der Waals surface area contributed by atoms with Gasteiger partial charge in [0, 0.05) is 38.4 Å². The number of aryl methyl sites for hydroxylation is 1. The van der Waals surface area contributed by atoms with Gasteiger partial charge in [-0.15, -0.1) is 0 Å². The summed E-state index contributed by atoms with van der Waals surface area (Å²) in [6, 6.07) is 11.2. The van der Waals surface area contributed by atoms with E-state index in [1.54, 1.807) is 24.4 Å². The molecular weight excluding hydrogens is 316 g/mol. The predicted octanol–water partition coefficient (Wildman–Crippen LogP) is 4.05. The summed E-state index contributed by atoms with van der Waals surface area (Å²) in [5, 5.41) is 0.926. The zero-order chi connectivity index (χ0) is 14.3. The fraction of sp³-hybridized carbons (Fsp3) is 0.0625. The number of hydrogen-bond acceptors (Lipinski definition) is 2. The number of anilines is 1. The fourth-order valence-corrected chi connectivity index (χ4v) is 2.72. The van der Waals surface area contributed by atoms with Crippen LogP contribution in [0.3, 0.4) is 0 Å². The molecule has 0 spiro atoms. The first-order valence-electron chi connectivity index (χ1n) is 6.24. The molecule has 0 atom stereocenters. The molecule has 1 aromatic heterocycles. The molecule has 3 rings (SSSR count). The van der Waals surface area contributed by atoms with Crippen molar-refractivity contribution < 1.29 is 4.79 Å². The lowest BCUT2D eigenvalue weighted by Gasteiger charge is -2.04. The van der Waals surface area contributed by atoms with Crippen LogP contribution in [0.2, 0.25) is 0 Å². The Labute approximate surface area is 124 Å². The van der Waals surface area contributed by atoms with Crippen molar-refractivity contribution in [2.45, 2.75) is 6.92 Å². The number of benzene rings is 2. The van der Waals surface area contributed by atoms with E-state index < -0.39 is 0 Å². The van der Waals surface area contributed by atoms with Crippen molar-refractivity contribution in [2.75, 3.05) is 5.73 Å². The van der Waals surface area contributed by atoms with Crippen LogP contribution in [0.5, 0.6) is 0 Å². The molecule has 0 fully saturated rings. The second-order valence-corrected chi connectivity index (χ2v) is 5.67. The highest BCUT2D eigenvalue weighted by molar-refractivity contribution is 9.10. The van der Waals surface area contributed by atoms with Crippen LogP contribution >= 0.6 is 15.9 Å². The zero-order valence-electron chi connectivity index (χ0n) is 10.9. The van der Waals surface area contributed by atoms with E-state index in [2.05, 4.69) is 20.9 Å². The molecule has 3 N–H and O–H groups in total. The fourth-order valence-electron chi connectivity index (χ4n) is 2.29. The number of rotatable bonds is 2. The van der Waals surface area contributed by atoms with Crippen LogP contribution in [-0.2, 0) is 0 Å². The van der Waals surface area contributed by atoms with Crippen molar-refractivity contribution in [3.05, 3.63) is 63.8 Å². The summed E-state index contributed by atoms with van der Waals surface area (Å²) in [5.74, 6) is -0.0423. The van der Waals surface area contributed by atoms with Gasteiger partial charge in [-0.25, -0.2) is 0 Å². The molecule has 20 heavy (non-hydrogen) atoms. The molecule has 0 saturated carbocycles. The minimum absolute atomic E-state index is 0.0423. The van der Waals surface area contributed by atoms with E-state index in [0.717, 1.165) is 20.9 Å². The number of aromatic nitrogens is 1. The summed E-state index contributed by atoms with van der Waals surface area (Å²) in [6.07, 6.45) is 1.75. The van der Waals surface area contributed by atoms with Gasteiger partial charge < -0.3 is 10.7 Å². The number of H-pyrrole nitrogens is 1. The number of nitrogens with one attached hydrogen (secondary N) is 1. The number of carbonyl (C=O) groups is 1. The maximum Gasteiger partial charge on any atom is 0.196 e. The van der Waals surface area contributed by atoms with Crippen LogP contribution in [0, 0.1) is 6.92 Å². The molecule has 0 aliphatic heterocycles. The predicted molar refractivity (Wildman–Crippen MR) is 85.0 cm³/mol. The Morgan fingerprint density at radius 1 is 1.15 bits per heavy atom. The summed E-state index contributed by atoms with van der Waals surface area (Å²) >= 11 is 3.41. The van der Waals surface area contributed by atoms with Crippen molar-refractivity contribution >= 4 is 38.3 Å². The van der Waals surface area contributed by atoms with E-state index in [-0.39, 0.29) is 5.78 Å². The van der Waals surface area contributed by atoms with Gasteiger partial charge in [0.25, 0.3) is 0 Å². The highest BCUT2D eigenvalue weighted by Crippen LogP contribution is 2.26. The molecule has 0 aliphatic rings. The molecule has 3 aromatic rings. The van der Waals surface area contributed by atoms with Gasteiger partial charge in [-0.05, 0) is 36.8 Å². The number of fused-ring (bicyclic) bond motifs is 1. The van der Waals surface area contributed by atoms with E-state index in [0.29, 0.717) is 16.8 Å². The van der Waals surface area contributed by atoms with E-state index in [4.69, 9.17) is 5.73 Å². The van der Waals surface area contributed by atoms with Crippen molar-refractivity contribution in [1.29, 1.82) is 0 Å². The minimum Gasteiger partial charge on any atom is -0.399 e. The Bertz CT molecular complexity index is 820. The second kappa shape index (κ2) is 4.80. The van der Waals surface area contributed by atoms with Crippen molar-refractivity contribution in [3.8, 4) is 0 Å². The van der Waals surface area contributed by atoms with Gasteiger partial charge in [0.05, 0.1) is 0 Å². The molecule has 0 radical (unpaired) electrons. The van der Waals surface area contributed by atoms with Crippen LogP contribution in [0.4, 0.5) is 5.69 Å². The molecule has 0 saturated heterocycles. The molecule has 4 heteroatoms. The second-order valence-electron chi connectivity index (χ2n) is 4.82. The first kappa shape index (κ1) is 12.9. The molecule has 3 nitrogen and oxygen atoms in total. The standard InChI is InChI=1S/C16H13BrN2O/c1-9-2-4-11-13(8-19-15(11)6-9)16(20)12-7-10(18)3-5-14(12)17/h2-8,19H,18H2,1H3. The van der Waals surface area contributed by atoms with Gasteiger partial charge in [-0.2, -0.15) is 0 Å². The Morgan fingerprint density at radius 3 is 2.75 bits per heavy atom. The third-order valence-corrected chi connectivity index (χ3v) is 4.01. The van der Waals surface area contributed by atoms with Gasteiger partial charge >= 0.3 is 0 Å². The van der Waals surface area contributed by atoms with E-state index >= 15 is 0 Å². The Morgan fingerprint density at radius 2 is 1.95 bits per heavy atom. The molecule has 100 valence electrons.